The second-order valence-electron chi connectivity index (χ2n) is 5.50. The average Bonchev–Trinajstić information content (AvgIpc) is 2.38. The van der Waals surface area contributed by atoms with Crippen molar-refractivity contribution in [2.75, 3.05) is 0 Å². The molecule has 1 aliphatic heterocycles. The van der Waals surface area contributed by atoms with Crippen molar-refractivity contribution < 1.29 is 14.0 Å². The fourth-order valence-corrected chi connectivity index (χ4v) is 2.35. The molecule has 1 N–H and O–H groups in total. The normalized spacial score (nSPS) is 23.1. The highest BCUT2D eigenvalue weighted by Gasteiger charge is 2.39. The van der Waals surface area contributed by atoms with Crippen LogP contribution < -0.4 is 5.32 Å². The topological polar surface area (TPSA) is 49.4 Å². The Hall–Kier alpha value is -1.91. The van der Waals surface area contributed by atoms with Crippen LogP contribution >= 0.6 is 0 Å². The summed E-state index contributed by atoms with van der Waals surface area (Å²) in [4.78, 5) is 25.9. The number of amides is 2. The summed E-state index contributed by atoms with van der Waals surface area (Å²) in [6.45, 7) is 5.70. The number of nitrogens with zero attached hydrogens (tertiary/aromatic N) is 1. The minimum Gasteiger partial charge on any atom is -0.342 e. The highest BCUT2D eigenvalue weighted by molar-refractivity contribution is 5.96. The first-order chi connectivity index (χ1) is 9.40. The Morgan fingerprint density at radius 3 is 2.65 bits per heavy atom. The van der Waals surface area contributed by atoms with Gasteiger partial charge in [0.2, 0.25) is 11.8 Å². The first-order valence-electron chi connectivity index (χ1n) is 6.75. The van der Waals surface area contributed by atoms with Gasteiger partial charge in [0.05, 0.1) is 0 Å². The summed E-state index contributed by atoms with van der Waals surface area (Å²) in [6, 6.07) is 5.04. The molecule has 0 aliphatic carbocycles. The summed E-state index contributed by atoms with van der Waals surface area (Å²) < 4.78 is 13.2. The number of benzene rings is 1. The van der Waals surface area contributed by atoms with E-state index in [-0.39, 0.29) is 30.1 Å². The van der Waals surface area contributed by atoms with Crippen molar-refractivity contribution in [1.29, 1.82) is 0 Å². The monoisotopic (exact) mass is 278 g/mol. The van der Waals surface area contributed by atoms with Gasteiger partial charge in [0, 0.05) is 6.54 Å². The molecule has 2 rings (SSSR count). The Morgan fingerprint density at radius 2 is 2.05 bits per heavy atom. The van der Waals surface area contributed by atoms with Crippen LogP contribution in [0, 0.1) is 11.7 Å². The standard InChI is InChI=1S/C15H19FN2O2/c1-9(2)13-15(20)18(10(3)14(19)17-13)8-11-5-4-6-12(16)7-11/h4-7,9-10,13H,8H2,1-3H3,(H,17,19). The number of rotatable bonds is 3. The van der Waals surface area contributed by atoms with E-state index in [1.807, 2.05) is 13.8 Å². The third-order valence-electron chi connectivity index (χ3n) is 3.60. The molecule has 1 heterocycles. The molecular formula is C15H19FN2O2. The molecule has 1 fully saturated rings. The highest BCUT2D eigenvalue weighted by Crippen LogP contribution is 2.18. The van der Waals surface area contributed by atoms with Crippen molar-refractivity contribution in [2.24, 2.45) is 5.92 Å². The molecule has 2 unspecified atom stereocenters. The van der Waals surface area contributed by atoms with Gasteiger partial charge in [-0.25, -0.2) is 4.39 Å². The van der Waals surface area contributed by atoms with Gasteiger partial charge in [-0.1, -0.05) is 26.0 Å². The van der Waals surface area contributed by atoms with E-state index in [2.05, 4.69) is 5.32 Å². The van der Waals surface area contributed by atoms with Gasteiger partial charge < -0.3 is 10.2 Å². The number of piperazine rings is 1. The first kappa shape index (κ1) is 14.5. The quantitative estimate of drug-likeness (QED) is 0.915. The summed E-state index contributed by atoms with van der Waals surface area (Å²) in [5.41, 5.74) is 0.683. The van der Waals surface area contributed by atoms with Crippen LogP contribution in [0.3, 0.4) is 0 Å². The number of carbonyl (C=O) groups is 2. The van der Waals surface area contributed by atoms with Crippen molar-refractivity contribution in [1.82, 2.24) is 10.2 Å². The third-order valence-corrected chi connectivity index (χ3v) is 3.60. The molecule has 1 aromatic carbocycles. The minimum absolute atomic E-state index is 0.0222. The Balaban J connectivity index is 2.23. The zero-order valence-electron chi connectivity index (χ0n) is 11.9. The number of nitrogens with one attached hydrogen (secondary N) is 1. The highest BCUT2D eigenvalue weighted by atomic mass is 19.1. The minimum atomic E-state index is -0.541. The predicted molar refractivity (Wildman–Crippen MR) is 73.2 cm³/mol. The van der Waals surface area contributed by atoms with Gasteiger partial charge in [0.15, 0.2) is 0 Å². The van der Waals surface area contributed by atoms with Gasteiger partial charge in [-0.2, -0.15) is 0 Å². The van der Waals surface area contributed by atoms with Crippen LogP contribution in [0.15, 0.2) is 24.3 Å². The zero-order chi connectivity index (χ0) is 14.9. The number of halogens is 1. The second kappa shape index (κ2) is 5.61. The maximum atomic E-state index is 13.2. The van der Waals surface area contributed by atoms with Crippen molar-refractivity contribution in [3.8, 4) is 0 Å². The Kier molecular flexibility index (Phi) is 4.06. The van der Waals surface area contributed by atoms with Gasteiger partial charge in [0.25, 0.3) is 0 Å². The van der Waals surface area contributed by atoms with Crippen molar-refractivity contribution in [2.45, 2.75) is 39.4 Å². The van der Waals surface area contributed by atoms with E-state index in [0.29, 0.717) is 5.56 Å². The number of hydrogen-bond acceptors (Lipinski definition) is 2. The lowest BCUT2D eigenvalue weighted by Gasteiger charge is -2.38. The SMILES string of the molecule is CC(C)C1NC(=O)C(C)N(Cc2cccc(F)c2)C1=O. The van der Waals surface area contributed by atoms with Crippen LogP contribution in [0.2, 0.25) is 0 Å². The summed E-state index contributed by atoms with van der Waals surface area (Å²) >= 11 is 0. The molecule has 1 aromatic rings. The molecule has 0 bridgehead atoms. The molecule has 0 saturated carbocycles. The van der Waals surface area contributed by atoms with E-state index in [4.69, 9.17) is 0 Å². The first-order valence-corrected chi connectivity index (χ1v) is 6.75. The maximum Gasteiger partial charge on any atom is 0.246 e. The van der Waals surface area contributed by atoms with Gasteiger partial charge in [-0.3, -0.25) is 9.59 Å². The van der Waals surface area contributed by atoms with Crippen LogP contribution in [-0.2, 0) is 16.1 Å². The van der Waals surface area contributed by atoms with Crippen LogP contribution in [0.5, 0.6) is 0 Å². The Bertz CT molecular complexity index is 530. The van der Waals surface area contributed by atoms with Gasteiger partial charge in [-0.05, 0) is 30.5 Å². The lowest BCUT2D eigenvalue weighted by molar-refractivity contribution is -0.150. The van der Waals surface area contributed by atoms with Crippen LogP contribution in [0.4, 0.5) is 4.39 Å². The second-order valence-corrected chi connectivity index (χ2v) is 5.50. The zero-order valence-corrected chi connectivity index (χ0v) is 11.9. The molecule has 2 atom stereocenters. The molecule has 4 nitrogen and oxygen atoms in total. The molecule has 2 amide bonds. The van der Waals surface area contributed by atoms with E-state index < -0.39 is 12.1 Å². The summed E-state index contributed by atoms with van der Waals surface area (Å²) in [6.07, 6.45) is 0. The molecule has 5 heteroatoms. The fraction of sp³-hybridized carbons (Fsp3) is 0.467. The van der Waals surface area contributed by atoms with Gasteiger partial charge in [-0.15, -0.1) is 0 Å². The maximum absolute atomic E-state index is 13.2. The van der Waals surface area contributed by atoms with Gasteiger partial charge >= 0.3 is 0 Å². The molecule has 0 spiro atoms. The van der Waals surface area contributed by atoms with E-state index >= 15 is 0 Å². The molecule has 0 radical (unpaired) electrons. The Morgan fingerprint density at radius 1 is 1.35 bits per heavy atom. The van der Waals surface area contributed by atoms with E-state index in [9.17, 15) is 14.0 Å². The molecule has 20 heavy (non-hydrogen) atoms. The van der Waals surface area contributed by atoms with E-state index in [1.54, 1.807) is 19.1 Å². The Labute approximate surface area is 118 Å². The van der Waals surface area contributed by atoms with Crippen LogP contribution in [0.1, 0.15) is 26.3 Å². The average molecular weight is 278 g/mol. The van der Waals surface area contributed by atoms with Crippen molar-refractivity contribution in [3.05, 3.63) is 35.6 Å². The third kappa shape index (κ3) is 2.81. The number of hydrogen-bond donors (Lipinski definition) is 1. The lowest BCUT2D eigenvalue weighted by Crippen LogP contribution is -2.63. The molecule has 1 saturated heterocycles. The molecular weight excluding hydrogens is 259 g/mol. The largest absolute Gasteiger partial charge is 0.342 e. The van der Waals surface area contributed by atoms with Crippen LogP contribution in [0.25, 0.3) is 0 Å². The molecule has 108 valence electrons. The summed E-state index contributed by atoms with van der Waals surface area (Å²) in [7, 11) is 0. The number of carbonyl (C=O) groups excluding carboxylic acids is 2. The molecule has 1 aliphatic rings. The summed E-state index contributed by atoms with van der Waals surface area (Å²) in [5.74, 6) is -0.602. The smallest absolute Gasteiger partial charge is 0.246 e. The molecule has 0 aromatic heterocycles. The predicted octanol–water partition coefficient (Wildman–Crippen LogP) is 1.70. The summed E-state index contributed by atoms with van der Waals surface area (Å²) in [5, 5.41) is 2.74. The van der Waals surface area contributed by atoms with E-state index in [1.165, 1.54) is 17.0 Å². The fourth-order valence-electron chi connectivity index (χ4n) is 2.35. The van der Waals surface area contributed by atoms with Crippen LogP contribution in [-0.4, -0.2) is 28.8 Å². The van der Waals surface area contributed by atoms with Gasteiger partial charge in [0.1, 0.15) is 17.9 Å². The van der Waals surface area contributed by atoms with Crippen molar-refractivity contribution >= 4 is 11.8 Å². The lowest BCUT2D eigenvalue weighted by atomic mass is 9.98. The van der Waals surface area contributed by atoms with Crippen molar-refractivity contribution in [3.63, 3.8) is 0 Å². The van der Waals surface area contributed by atoms with E-state index in [0.717, 1.165) is 0 Å².